The molecule has 2 aliphatic heterocycles. The van der Waals surface area contributed by atoms with Crippen molar-refractivity contribution < 1.29 is 14.0 Å². The molecule has 0 unspecified atom stereocenters. The molecule has 44 heavy (non-hydrogen) atoms. The zero-order valence-corrected chi connectivity index (χ0v) is 25.8. The number of imidazole rings is 1. The van der Waals surface area contributed by atoms with E-state index in [0.29, 0.717) is 52.4 Å². The number of nitrogens with two attached hydrogens (primary N) is 1. The minimum Gasteiger partial charge on any atom is -0.471 e. The third-order valence-corrected chi connectivity index (χ3v) is 11.4. The van der Waals surface area contributed by atoms with Crippen molar-refractivity contribution in [1.29, 1.82) is 5.26 Å². The molecule has 2 fully saturated rings. The van der Waals surface area contributed by atoms with E-state index in [1.807, 2.05) is 0 Å². The second-order valence-electron chi connectivity index (χ2n) is 12.8. The molecule has 3 N–H and O–H groups in total. The van der Waals surface area contributed by atoms with E-state index in [2.05, 4.69) is 29.9 Å². The van der Waals surface area contributed by atoms with Crippen molar-refractivity contribution in [3.63, 3.8) is 0 Å². The molecule has 12 nitrogen and oxygen atoms in total. The van der Waals surface area contributed by atoms with Crippen LogP contribution in [-0.2, 0) is 23.0 Å². The Morgan fingerprint density at radius 2 is 2.07 bits per heavy atom. The lowest BCUT2D eigenvalue weighted by atomic mass is 9.62. The fraction of sp³-hybridized carbons (Fsp3) is 0.581. The summed E-state index contributed by atoms with van der Waals surface area (Å²) in [7, 11) is 2.11. The van der Waals surface area contributed by atoms with Crippen LogP contribution in [-0.4, -0.2) is 68.5 Å². The van der Waals surface area contributed by atoms with E-state index in [-0.39, 0.29) is 23.9 Å². The average Bonchev–Trinajstić information content (AvgIpc) is 3.83. The third-order valence-electron chi connectivity index (χ3n) is 10.3. The average molecular weight is 617 g/mol. The molecule has 2 saturated heterocycles. The van der Waals surface area contributed by atoms with Gasteiger partial charge in [0.05, 0.1) is 23.9 Å². The van der Waals surface area contributed by atoms with Gasteiger partial charge in [-0.1, -0.05) is 5.16 Å². The van der Waals surface area contributed by atoms with Gasteiger partial charge in [-0.25, -0.2) is 9.78 Å². The van der Waals surface area contributed by atoms with Gasteiger partial charge >= 0.3 is 5.69 Å². The van der Waals surface area contributed by atoms with E-state index in [4.69, 9.17) is 34.9 Å². The predicted molar refractivity (Wildman–Crippen MR) is 164 cm³/mol. The quantitative estimate of drug-likeness (QED) is 0.334. The minimum absolute atomic E-state index is 0.133. The molecule has 0 amide bonds. The summed E-state index contributed by atoms with van der Waals surface area (Å²) in [5, 5.41) is 15.4. The lowest BCUT2D eigenvalue weighted by Crippen LogP contribution is -2.38. The van der Waals surface area contributed by atoms with Crippen LogP contribution in [0.25, 0.3) is 22.7 Å². The number of aromatic amines is 1. The predicted octanol–water partition coefficient (Wildman–Crippen LogP) is 4.07. The molecule has 4 aliphatic rings. The van der Waals surface area contributed by atoms with Gasteiger partial charge in [0, 0.05) is 28.5 Å². The zero-order valence-electron chi connectivity index (χ0n) is 25.0. The number of nitrogen functional groups attached to an aromatic ring is 1. The highest BCUT2D eigenvalue weighted by molar-refractivity contribution is 7.16. The minimum atomic E-state index is -0.426. The number of hydrogen-bond donors (Lipinski definition) is 2. The molecule has 4 aromatic heterocycles. The van der Waals surface area contributed by atoms with Crippen molar-refractivity contribution in [3.05, 3.63) is 37.7 Å². The van der Waals surface area contributed by atoms with Crippen LogP contribution >= 0.6 is 11.3 Å². The van der Waals surface area contributed by atoms with E-state index < -0.39 is 5.41 Å². The first-order chi connectivity index (χ1) is 21.4. The van der Waals surface area contributed by atoms with Gasteiger partial charge in [0.1, 0.15) is 22.7 Å². The summed E-state index contributed by atoms with van der Waals surface area (Å²) in [4.78, 5) is 29.7. The van der Waals surface area contributed by atoms with Gasteiger partial charge in [-0.2, -0.15) is 10.2 Å². The number of likely N-dealkylation sites (tertiary alicyclic amines) is 1. The summed E-state index contributed by atoms with van der Waals surface area (Å²) in [6, 6.07) is 2.50. The Labute approximate surface area is 258 Å². The van der Waals surface area contributed by atoms with E-state index in [0.717, 1.165) is 81.2 Å². The highest BCUT2D eigenvalue weighted by Crippen LogP contribution is 2.54. The molecule has 0 saturated carbocycles. The van der Waals surface area contributed by atoms with Crippen molar-refractivity contribution in [2.45, 2.75) is 88.3 Å². The monoisotopic (exact) mass is 616 g/mol. The number of rotatable bonds is 5. The molecule has 0 bridgehead atoms. The van der Waals surface area contributed by atoms with Crippen molar-refractivity contribution in [3.8, 4) is 23.5 Å². The summed E-state index contributed by atoms with van der Waals surface area (Å²) in [5.74, 6) is 1.17. The van der Waals surface area contributed by atoms with Crippen LogP contribution in [0, 0.1) is 11.3 Å². The second kappa shape index (κ2) is 10.4. The van der Waals surface area contributed by atoms with E-state index >= 15 is 0 Å². The van der Waals surface area contributed by atoms with Gasteiger partial charge in [0.15, 0.2) is 5.65 Å². The maximum Gasteiger partial charge on any atom is 0.328 e. The number of aromatic nitrogens is 5. The van der Waals surface area contributed by atoms with Crippen LogP contribution in [0.4, 0.5) is 5.00 Å². The van der Waals surface area contributed by atoms with Crippen LogP contribution in [0.5, 0.6) is 5.88 Å². The molecular formula is C31H36N8O4S. The van der Waals surface area contributed by atoms with Gasteiger partial charge in [0.2, 0.25) is 17.5 Å². The number of ether oxygens (including phenoxy) is 2. The van der Waals surface area contributed by atoms with E-state index in [9.17, 15) is 10.1 Å². The summed E-state index contributed by atoms with van der Waals surface area (Å²) in [6.07, 6.45) is 8.04. The number of nitrogens with zero attached hydrogens (tertiary/aromatic N) is 6. The SMILES string of the molecule is C[C@H](Oc1nc(-c2onc3c2CCC[C@@]32CCCc3sc(N)c(C#N)c32)nc2c1[nH]c(=O)n2[C@@H]1CCOC1)[C@@H]1CCCN1C. The molecule has 0 radical (unpaired) electrons. The standard InChI is InChI=1S/C31H36N8O4S/c1-16(20-7-5-12-38(20)2)42-29-23-28(39(30(40)34-23)17-9-13-41-15-17)35-27(36-29)24-18-6-3-10-31(25(18)37-43-24)11-4-8-21-22(31)19(14-32)26(33)44-21/h16-17,20H,3-13,15,33H2,1-2H3,(H,34,40)/t16-,17+,20-,31-/m0/s1. The number of fused-ring (bicyclic) bond motifs is 5. The highest BCUT2D eigenvalue weighted by Gasteiger charge is 2.48. The first-order valence-corrected chi connectivity index (χ1v) is 16.5. The van der Waals surface area contributed by atoms with Gasteiger partial charge in [-0.05, 0) is 83.9 Å². The number of H-pyrrole nitrogens is 1. The number of nitriles is 1. The Morgan fingerprint density at radius 3 is 2.82 bits per heavy atom. The summed E-state index contributed by atoms with van der Waals surface area (Å²) in [6.45, 7) is 4.11. The van der Waals surface area contributed by atoms with Crippen LogP contribution in [0.15, 0.2) is 9.32 Å². The molecule has 8 rings (SSSR count). The first kappa shape index (κ1) is 27.8. The number of nitrogens with one attached hydrogen (secondary N) is 1. The zero-order chi connectivity index (χ0) is 30.2. The van der Waals surface area contributed by atoms with Crippen molar-refractivity contribution in [2.75, 3.05) is 32.5 Å². The van der Waals surface area contributed by atoms with Crippen molar-refractivity contribution in [1.82, 2.24) is 29.6 Å². The normalized spacial score (nSPS) is 25.8. The fourth-order valence-corrected chi connectivity index (χ4v) is 9.40. The van der Waals surface area contributed by atoms with Crippen LogP contribution < -0.4 is 16.2 Å². The van der Waals surface area contributed by atoms with Crippen LogP contribution in [0.2, 0.25) is 0 Å². The van der Waals surface area contributed by atoms with E-state index in [1.165, 1.54) is 16.2 Å². The van der Waals surface area contributed by atoms with Gasteiger partial charge in [-0.15, -0.1) is 11.3 Å². The largest absolute Gasteiger partial charge is 0.471 e. The van der Waals surface area contributed by atoms with Crippen LogP contribution in [0.1, 0.15) is 85.2 Å². The summed E-state index contributed by atoms with van der Waals surface area (Å²) in [5.41, 5.74) is 10.0. The summed E-state index contributed by atoms with van der Waals surface area (Å²) < 4.78 is 20.0. The number of aryl methyl sites for hydroxylation is 1. The van der Waals surface area contributed by atoms with Crippen molar-refractivity contribution in [2.24, 2.45) is 0 Å². The Bertz CT molecular complexity index is 1860. The molecule has 6 heterocycles. The second-order valence-corrected chi connectivity index (χ2v) is 13.9. The number of likely N-dealkylation sites (N-methyl/N-ethyl adjacent to an activating group) is 1. The molecule has 13 heteroatoms. The Balaban J connectivity index is 1.28. The molecule has 230 valence electrons. The lowest BCUT2D eigenvalue weighted by Gasteiger charge is -2.39. The highest BCUT2D eigenvalue weighted by atomic mass is 32.1. The molecule has 0 aromatic carbocycles. The Morgan fingerprint density at radius 1 is 1.23 bits per heavy atom. The number of thiophene rings is 1. The lowest BCUT2D eigenvalue weighted by molar-refractivity contribution is 0.118. The fourth-order valence-electron chi connectivity index (χ4n) is 8.24. The number of anilines is 1. The van der Waals surface area contributed by atoms with Crippen molar-refractivity contribution >= 4 is 27.5 Å². The van der Waals surface area contributed by atoms with Gasteiger partial charge in [-0.3, -0.25) is 14.5 Å². The molecule has 4 atom stereocenters. The molecular weight excluding hydrogens is 580 g/mol. The maximum absolute atomic E-state index is 13.3. The third kappa shape index (κ3) is 4.07. The molecule has 1 spiro atoms. The van der Waals surface area contributed by atoms with Gasteiger partial charge < -0.3 is 19.7 Å². The Hall–Kier alpha value is -3.73. The smallest absolute Gasteiger partial charge is 0.328 e. The molecule has 2 aliphatic carbocycles. The molecule has 4 aromatic rings. The van der Waals surface area contributed by atoms with Crippen LogP contribution in [0.3, 0.4) is 0 Å². The Kier molecular flexibility index (Phi) is 6.59. The first-order valence-electron chi connectivity index (χ1n) is 15.7. The van der Waals surface area contributed by atoms with Gasteiger partial charge in [0.25, 0.3) is 0 Å². The number of hydrogen-bond acceptors (Lipinski definition) is 11. The van der Waals surface area contributed by atoms with E-state index in [1.54, 1.807) is 4.57 Å². The topological polar surface area (TPSA) is 161 Å². The summed E-state index contributed by atoms with van der Waals surface area (Å²) >= 11 is 1.53. The maximum atomic E-state index is 13.3.